The van der Waals surface area contributed by atoms with Gasteiger partial charge in [-0.1, -0.05) is 382 Å². The van der Waals surface area contributed by atoms with Crippen molar-refractivity contribution in [1.82, 2.24) is 9.13 Å². The first-order valence-electron chi connectivity index (χ1n) is 38.6. The van der Waals surface area contributed by atoms with E-state index in [4.69, 9.17) is 11.6 Å². The minimum absolute atomic E-state index is 0.758. The van der Waals surface area contributed by atoms with Gasteiger partial charge in [0.2, 0.25) is 0 Å². The maximum absolute atomic E-state index is 6.02. The zero-order valence-electron chi connectivity index (χ0n) is 62.3. The van der Waals surface area contributed by atoms with E-state index in [1.165, 1.54) is 149 Å². The third-order valence-corrected chi connectivity index (χ3v) is 21.8. The summed E-state index contributed by atoms with van der Waals surface area (Å²) in [6, 6.07) is 164. The average molecular weight is 1470 g/mol. The Labute approximate surface area is 665 Å². The van der Waals surface area contributed by atoms with E-state index in [1.54, 1.807) is 0 Å². The van der Waals surface area contributed by atoms with Gasteiger partial charge in [-0.3, -0.25) is 0 Å². The number of fused-ring (bicyclic) bond motifs is 6. The van der Waals surface area contributed by atoms with E-state index in [1.807, 2.05) is 12.1 Å². The highest BCUT2D eigenvalue weighted by atomic mass is 35.5. The van der Waals surface area contributed by atoms with Crippen LogP contribution in [-0.4, -0.2) is 9.13 Å². The third-order valence-electron chi connectivity index (χ3n) is 21.5. The van der Waals surface area contributed by atoms with Crippen LogP contribution < -0.4 is 4.90 Å². The number of halogens is 1. The SMILES string of the molecule is Clc1ccc(-c2ccc(-c3ccc(-n4c5ccccc5c5ccccc54)cc3)cc2)cc1.c1ccc(-c2ccc(Cc3ccccc3-c3ccccc3)cc2)cc1.c1ccc(-c2ccc(N(c3ccc(-c4ccc(-c5ccc(-n6c7ccccc7c7ccccc76)cc5)cc4)cc3)c3ccccc3-c3ccccc3)cc2)cc1. The summed E-state index contributed by atoms with van der Waals surface area (Å²) in [6.45, 7) is 0. The van der Waals surface area contributed by atoms with Crippen LogP contribution in [0, 0.1) is 0 Å². The predicted molar refractivity (Wildman–Crippen MR) is 480 cm³/mol. The van der Waals surface area contributed by atoms with Gasteiger partial charge in [0.05, 0.1) is 27.8 Å². The van der Waals surface area contributed by atoms with Crippen LogP contribution in [0.1, 0.15) is 11.1 Å². The van der Waals surface area contributed by atoms with Crippen molar-refractivity contribution < 1.29 is 0 Å². The molecule has 0 fully saturated rings. The van der Waals surface area contributed by atoms with Gasteiger partial charge in [-0.2, -0.15) is 0 Å². The Bertz CT molecular complexity index is 6490. The smallest absolute Gasteiger partial charge is 0.0541 e. The molecule has 0 aliphatic carbocycles. The summed E-state index contributed by atoms with van der Waals surface area (Å²) in [6.07, 6.45) is 0.945. The highest BCUT2D eigenvalue weighted by molar-refractivity contribution is 6.30. The standard InChI is InChI=1S/C54H38N2.C30H20ClN.C25H20/c1-3-13-39(14-4-1)42-27-33-46(34-28-42)55(52-20-10-7-17-49(52)45-15-5-2-6-16-45)47-35-29-43(30-36-47)40-23-25-41(26-24-40)44-31-37-48(38-32-44)56-53-21-11-8-18-50(53)51-19-9-12-22-54(51)56;31-25-17-13-23(14-18-25)21-9-11-22(12-10-21)24-15-19-26(20-16-24)32-29-7-3-1-5-27(29)28-6-2-4-8-30(28)32;1-3-9-21(10-4-1)22-17-15-20(16-18-22)19-24-13-7-8-14-25(24)23-11-5-2-6-12-23/h1-38H;1-20H;1-18H,19H2. The molecule has 0 spiro atoms. The first-order valence-corrected chi connectivity index (χ1v) is 39.0. The number of hydrogen-bond donors (Lipinski definition) is 0. The highest BCUT2D eigenvalue weighted by Gasteiger charge is 2.20. The number of anilines is 3. The summed E-state index contributed by atoms with van der Waals surface area (Å²) in [5.74, 6) is 0. The molecular formula is C109H78ClN3. The Kier molecular flexibility index (Phi) is 20.2. The summed E-state index contributed by atoms with van der Waals surface area (Å²) in [5.41, 5.74) is 32.7. The molecule has 0 aliphatic heterocycles. The Morgan fingerprint density at radius 3 is 0.805 bits per heavy atom. The van der Waals surface area contributed by atoms with Crippen LogP contribution in [0.5, 0.6) is 0 Å². The summed E-state index contributed by atoms with van der Waals surface area (Å²) < 4.78 is 4.71. The lowest BCUT2D eigenvalue weighted by Crippen LogP contribution is -2.11. The molecule has 3 nitrogen and oxygen atoms in total. The first kappa shape index (κ1) is 70.3. The van der Waals surface area contributed by atoms with Gasteiger partial charge in [0.25, 0.3) is 0 Å². The number of para-hydroxylation sites is 5. The molecule has 20 rings (SSSR count). The van der Waals surface area contributed by atoms with Gasteiger partial charge in [0, 0.05) is 54.9 Å². The molecule has 2 aromatic heterocycles. The van der Waals surface area contributed by atoms with Crippen LogP contribution in [0.2, 0.25) is 5.02 Å². The van der Waals surface area contributed by atoms with Crippen LogP contribution in [0.3, 0.4) is 0 Å². The summed E-state index contributed by atoms with van der Waals surface area (Å²) in [4.78, 5) is 2.37. The molecule has 4 heteroatoms. The number of benzene rings is 18. The van der Waals surface area contributed by atoms with Gasteiger partial charge in [0.15, 0.2) is 0 Å². The molecule has 0 saturated heterocycles. The fraction of sp³-hybridized carbons (Fsp3) is 0.00917. The quantitative estimate of drug-likeness (QED) is 0.0997. The molecule has 536 valence electrons. The van der Waals surface area contributed by atoms with Crippen molar-refractivity contribution in [2.45, 2.75) is 6.42 Å². The Balaban J connectivity index is 0.000000131. The second kappa shape index (κ2) is 32.5. The van der Waals surface area contributed by atoms with E-state index in [2.05, 4.69) is 463 Å². The van der Waals surface area contributed by atoms with Crippen molar-refractivity contribution in [2.24, 2.45) is 0 Å². The van der Waals surface area contributed by atoms with Crippen LogP contribution in [0.4, 0.5) is 17.1 Å². The van der Waals surface area contributed by atoms with Crippen LogP contribution >= 0.6 is 11.6 Å². The van der Waals surface area contributed by atoms with E-state index >= 15 is 0 Å². The van der Waals surface area contributed by atoms with Gasteiger partial charge < -0.3 is 14.0 Å². The largest absolute Gasteiger partial charge is 0.310 e. The van der Waals surface area contributed by atoms with Crippen molar-refractivity contribution >= 4 is 72.3 Å². The summed E-state index contributed by atoms with van der Waals surface area (Å²) >= 11 is 6.02. The van der Waals surface area contributed by atoms with E-state index < -0.39 is 0 Å². The lowest BCUT2D eigenvalue weighted by Gasteiger charge is -2.28. The topological polar surface area (TPSA) is 13.1 Å². The average Bonchev–Trinajstić information content (AvgIpc) is 1.61. The minimum atomic E-state index is 0.758. The first-order chi connectivity index (χ1) is 56.0. The number of nitrogens with zero attached hydrogens (tertiary/aromatic N) is 3. The molecule has 0 saturated carbocycles. The number of aromatic nitrogens is 2. The van der Waals surface area contributed by atoms with Crippen molar-refractivity contribution in [3.63, 3.8) is 0 Å². The normalized spacial score (nSPS) is 11.1. The molecule has 0 N–H and O–H groups in total. The molecule has 2 heterocycles. The van der Waals surface area contributed by atoms with Crippen LogP contribution in [0.25, 0.3) is 144 Å². The van der Waals surface area contributed by atoms with Gasteiger partial charge in [-0.15, -0.1) is 0 Å². The molecular weight excluding hydrogens is 1390 g/mol. The van der Waals surface area contributed by atoms with Gasteiger partial charge in [0.1, 0.15) is 0 Å². The fourth-order valence-electron chi connectivity index (χ4n) is 15.8. The highest BCUT2D eigenvalue weighted by Crippen LogP contribution is 2.43. The Morgan fingerprint density at radius 1 is 0.195 bits per heavy atom. The van der Waals surface area contributed by atoms with E-state index in [-0.39, 0.29) is 0 Å². The molecule has 0 amide bonds. The van der Waals surface area contributed by atoms with Gasteiger partial charge >= 0.3 is 0 Å². The molecule has 20 aromatic rings. The van der Waals surface area contributed by atoms with Gasteiger partial charge in [-0.25, -0.2) is 0 Å². The van der Waals surface area contributed by atoms with Crippen LogP contribution in [-0.2, 0) is 6.42 Å². The minimum Gasteiger partial charge on any atom is -0.310 e. The lowest BCUT2D eigenvalue weighted by atomic mass is 9.94. The zero-order valence-corrected chi connectivity index (χ0v) is 63.1. The second-order valence-electron chi connectivity index (χ2n) is 28.4. The van der Waals surface area contributed by atoms with Crippen molar-refractivity contribution in [3.8, 4) is 100 Å². The second-order valence-corrected chi connectivity index (χ2v) is 28.9. The predicted octanol–water partition coefficient (Wildman–Crippen LogP) is 30.3. The fourth-order valence-corrected chi connectivity index (χ4v) is 15.9. The number of hydrogen-bond acceptors (Lipinski definition) is 1. The van der Waals surface area contributed by atoms with Gasteiger partial charge in [-0.05, 0) is 192 Å². The molecule has 0 atom stereocenters. The lowest BCUT2D eigenvalue weighted by molar-refractivity contribution is 1.18. The molecule has 18 aromatic carbocycles. The van der Waals surface area contributed by atoms with E-state index in [0.717, 1.165) is 34.2 Å². The molecule has 0 radical (unpaired) electrons. The Hall–Kier alpha value is -14.4. The maximum atomic E-state index is 6.02. The van der Waals surface area contributed by atoms with Crippen LogP contribution in [0.15, 0.2) is 461 Å². The van der Waals surface area contributed by atoms with E-state index in [9.17, 15) is 0 Å². The Morgan fingerprint density at radius 2 is 0.442 bits per heavy atom. The van der Waals surface area contributed by atoms with E-state index in [0.29, 0.717) is 0 Å². The molecule has 0 unspecified atom stereocenters. The molecule has 113 heavy (non-hydrogen) atoms. The summed E-state index contributed by atoms with van der Waals surface area (Å²) in [5, 5.41) is 5.87. The van der Waals surface area contributed by atoms with Crippen molar-refractivity contribution in [3.05, 3.63) is 477 Å². The maximum Gasteiger partial charge on any atom is 0.0541 e. The molecule has 0 bridgehead atoms. The molecule has 0 aliphatic rings. The van der Waals surface area contributed by atoms with Crippen molar-refractivity contribution in [2.75, 3.05) is 4.90 Å². The third kappa shape index (κ3) is 15.0. The number of rotatable bonds is 15. The monoisotopic (exact) mass is 1460 g/mol. The summed E-state index contributed by atoms with van der Waals surface area (Å²) in [7, 11) is 0. The zero-order chi connectivity index (χ0) is 75.7. The van der Waals surface area contributed by atoms with Crippen molar-refractivity contribution in [1.29, 1.82) is 0 Å².